The zero-order valence-electron chi connectivity index (χ0n) is 15.3. The van der Waals surface area contributed by atoms with Crippen molar-refractivity contribution in [2.45, 2.75) is 18.0 Å². The van der Waals surface area contributed by atoms with Crippen molar-refractivity contribution in [1.29, 1.82) is 0 Å². The Hall–Kier alpha value is -2.26. The van der Waals surface area contributed by atoms with Crippen LogP contribution in [-0.4, -0.2) is 41.0 Å². The Kier molecular flexibility index (Phi) is 4.86. The number of benzene rings is 1. The van der Waals surface area contributed by atoms with Crippen molar-refractivity contribution in [2.24, 2.45) is 0 Å². The molecule has 28 heavy (non-hydrogen) atoms. The van der Waals surface area contributed by atoms with Crippen LogP contribution in [0.1, 0.15) is 9.75 Å². The molecule has 5 rings (SSSR count). The van der Waals surface area contributed by atoms with Gasteiger partial charge in [-0.2, -0.15) is 4.90 Å². The first-order valence-electron chi connectivity index (χ1n) is 9.33. The van der Waals surface area contributed by atoms with Gasteiger partial charge in [-0.05, 0) is 12.1 Å². The van der Waals surface area contributed by atoms with E-state index in [1.807, 2.05) is 35.6 Å². The maximum Gasteiger partial charge on any atom is 0.227 e. The van der Waals surface area contributed by atoms with Gasteiger partial charge in [-0.3, -0.25) is 4.90 Å². The summed E-state index contributed by atoms with van der Waals surface area (Å²) in [5.41, 5.74) is 2.91. The third-order valence-corrected chi connectivity index (χ3v) is 6.26. The normalized spacial score (nSPS) is 16.1. The highest BCUT2D eigenvalue weighted by molar-refractivity contribution is 7.58. The van der Waals surface area contributed by atoms with Crippen molar-refractivity contribution in [3.8, 4) is 17.0 Å². The fourth-order valence-electron chi connectivity index (χ4n) is 3.54. The predicted molar refractivity (Wildman–Crippen MR) is 113 cm³/mol. The van der Waals surface area contributed by atoms with E-state index in [9.17, 15) is 0 Å². The fourth-order valence-corrected chi connectivity index (χ4v) is 4.86. The molecule has 2 N–H and O–H groups in total. The van der Waals surface area contributed by atoms with Crippen molar-refractivity contribution in [3.63, 3.8) is 0 Å². The molecule has 0 unspecified atom stereocenters. The molecule has 0 aliphatic carbocycles. The van der Waals surface area contributed by atoms with Crippen LogP contribution in [0.25, 0.3) is 11.3 Å². The summed E-state index contributed by atoms with van der Waals surface area (Å²) in [6.07, 6.45) is 1.75. The lowest BCUT2D eigenvalue weighted by molar-refractivity contribution is 0.235. The van der Waals surface area contributed by atoms with Crippen LogP contribution in [-0.2, 0) is 25.8 Å². The first-order chi connectivity index (χ1) is 13.7. The van der Waals surface area contributed by atoms with Crippen LogP contribution in [0.4, 0.5) is 11.6 Å². The van der Waals surface area contributed by atoms with E-state index in [1.54, 1.807) is 6.20 Å². The van der Waals surface area contributed by atoms with E-state index in [2.05, 4.69) is 26.6 Å². The molecule has 144 valence electrons. The Labute approximate surface area is 173 Å². The summed E-state index contributed by atoms with van der Waals surface area (Å²) < 4.78 is 5.89. The minimum Gasteiger partial charge on any atom is -0.780 e. The van der Waals surface area contributed by atoms with Crippen LogP contribution in [0.15, 0.2) is 41.4 Å². The Morgan fingerprint density at radius 3 is 3.00 bits per heavy atom. The lowest BCUT2D eigenvalue weighted by Crippen LogP contribution is -2.42. The monoisotopic (exact) mass is 410 g/mol. The number of nitrogens with one attached hydrogen (secondary N) is 2. The summed E-state index contributed by atoms with van der Waals surface area (Å²) in [5.74, 6) is 1.28. The van der Waals surface area contributed by atoms with Crippen LogP contribution in [0.2, 0.25) is 0 Å². The highest BCUT2D eigenvalue weighted by Crippen LogP contribution is 2.41. The number of aromatic nitrogens is 2. The maximum absolute atomic E-state index is 5.89. The molecule has 1 fully saturated rings. The molecule has 0 amide bonds. The van der Waals surface area contributed by atoms with Gasteiger partial charge in [-0.1, -0.05) is 18.2 Å². The minimum atomic E-state index is 0.547. The number of ether oxygens (including phenoxy) is 1. The third-order valence-electron chi connectivity index (χ3n) is 4.91. The molecular weight excluding hydrogens is 390 g/mol. The summed E-state index contributed by atoms with van der Waals surface area (Å²) in [7, 11) is 0. The number of fused-ring (bicyclic) bond motifs is 3. The molecule has 2 aromatic heterocycles. The lowest BCUT2D eigenvalue weighted by atomic mass is 10.1. The number of thiophene rings is 1. The molecule has 4 heterocycles. The van der Waals surface area contributed by atoms with Gasteiger partial charge in [-0.25, -0.2) is 9.97 Å². The lowest BCUT2D eigenvalue weighted by Gasteiger charge is -2.26. The molecule has 2 aliphatic rings. The molecule has 0 spiro atoms. The molecule has 6 nitrogen and oxygen atoms in total. The van der Waals surface area contributed by atoms with E-state index in [-0.39, 0.29) is 0 Å². The Morgan fingerprint density at radius 1 is 1.25 bits per heavy atom. The van der Waals surface area contributed by atoms with Crippen LogP contribution in [0, 0.1) is 0 Å². The van der Waals surface area contributed by atoms with Gasteiger partial charge in [0.25, 0.3) is 0 Å². The van der Waals surface area contributed by atoms with Gasteiger partial charge < -0.3 is 28.0 Å². The van der Waals surface area contributed by atoms with E-state index < -0.39 is 0 Å². The summed E-state index contributed by atoms with van der Waals surface area (Å²) in [6.45, 7) is 5.87. The Bertz CT molecular complexity index is 1000. The second-order valence-corrected chi connectivity index (χ2v) is 8.62. The number of rotatable bonds is 4. The highest BCUT2D eigenvalue weighted by Gasteiger charge is 2.23. The Morgan fingerprint density at radius 2 is 2.14 bits per heavy atom. The van der Waals surface area contributed by atoms with E-state index >= 15 is 0 Å². The van der Waals surface area contributed by atoms with Gasteiger partial charge in [0.1, 0.15) is 12.3 Å². The van der Waals surface area contributed by atoms with Gasteiger partial charge in [0.15, 0.2) is 5.75 Å². The summed E-state index contributed by atoms with van der Waals surface area (Å²) >= 11 is 7.05. The second-order valence-electron chi connectivity index (χ2n) is 6.92. The first kappa shape index (κ1) is 17.8. The molecule has 0 saturated carbocycles. The number of hydrogen-bond donors (Lipinski definition) is 2. The molecule has 0 radical (unpaired) electrons. The van der Waals surface area contributed by atoms with Gasteiger partial charge in [0.05, 0.1) is 11.1 Å². The SMILES string of the molecule is [S-]c1cccc(Nc2ncc3c(n2)-c2cc(CN4CCNCC4)sc2CO3)c1. The molecule has 8 heteroatoms. The van der Waals surface area contributed by atoms with Gasteiger partial charge in [0.2, 0.25) is 5.95 Å². The zero-order valence-corrected chi connectivity index (χ0v) is 16.9. The van der Waals surface area contributed by atoms with Crippen LogP contribution < -0.4 is 15.4 Å². The topological polar surface area (TPSA) is 62.3 Å². The molecule has 1 saturated heterocycles. The second kappa shape index (κ2) is 7.63. The predicted octanol–water partition coefficient (Wildman–Crippen LogP) is 3.15. The van der Waals surface area contributed by atoms with Crippen LogP contribution in [0.3, 0.4) is 0 Å². The summed E-state index contributed by atoms with van der Waals surface area (Å²) in [5, 5.41) is 6.65. The van der Waals surface area contributed by atoms with Crippen molar-refractivity contribution in [2.75, 3.05) is 31.5 Å². The van der Waals surface area contributed by atoms with Crippen LogP contribution >= 0.6 is 11.3 Å². The number of piperazine rings is 1. The number of anilines is 2. The largest absolute Gasteiger partial charge is 0.780 e. The minimum absolute atomic E-state index is 0.547. The molecule has 2 aliphatic heterocycles. The highest BCUT2D eigenvalue weighted by atomic mass is 32.1. The fraction of sp³-hybridized carbons (Fsp3) is 0.300. The van der Waals surface area contributed by atoms with E-state index in [0.717, 1.165) is 54.8 Å². The Balaban J connectivity index is 1.41. The molecule has 1 aromatic carbocycles. The average molecular weight is 411 g/mol. The van der Waals surface area contributed by atoms with Gasteiger partial charge in [0, 0.05) is 48.9 Å². The quantitative estimate of drug-likeness (QED) is 0.641. The molecule has 3 aromatic rings. The molecule has 0 bridgehead atoms. The van der Waals surface area contributed by atoms with E-state index in [4.69, 9.17) is 22.3 Å². The maximum atomic E-state index is 5.89. The van der Waals surface area contributed by atoms with Crippen molar-refractivity contribution < 1.29 is 4.74 Å². The average Bonchev–Trinajstić information content (AvgIpc) is 3.12. The van der Waals surface area contributed by atoms with Gasteiger partial charge >= 0.3 is 0 Å². The third kappa shape index (κ3) is 3.68. The van der Waals surface area contributed by atoms with Crippen LogP contribution in [0.5, 0.6) is 5.75 Å². The summed E-state index contributed by atoms with van der Waals surface area (Å²) in [6, 6.07) is 9.93. The van der Waals surface area contributed by atoms with Gasteiger partial charge in [-0.15, -0.1) is 11.3 Å². The van der Waals surface area contributed by atoms with Crippen molar-refractivity contribution >= 4 is 35.6 Å². The standard InChI is InChI=1S/C20H21N5OS2/c27-14-3-1-2-13(8-14)23-20-22-10-17-19(24-20)16-9-15(28-18(16)12-26-17)11-25-6-4-21-5-7-25/h1-3,8-10,21,27H,4-7,11-12H2,(H,22,23,24)/p-1. The number of nitrogens with zero attached hydrogens (tertiary/aromatic N) is 3. The molecular formula is C20H20N5OS2-. The summed E-state index contributed by atoms with van der Waals surface area (Å²) in [4.78, 5) is 15.0. The smallest absolute Gasteiger partial charge is 0.227 e. The molecule has 0 atom stereocenters. The van der Waals surface area contributed by atoms with Crippen molar-refractivity contribution in [1.82, 2.24) is 20.2 Å². The van der Waals surface area contributed by atoms with Crippen molar-refractivity contribution in [3.05, 3.63) is 46.3 Å². The van der Waals surface area contributed by atoms with E-state index in [1.165, 1.54) is 15.3 Å². The van der Waals surface area contributed by atoms with E-state index in [0.29, 0.717) is 12.6 Å². The first-order valence-corrected chi connectivity index (χ1v) is 10.6. The zero-order chi connectivity index (χ0) is 18.9. The number of hydrogen-bond acceptors (Lipinski definition) is 8.